The van der Waals surface area contributed by atoms with Crippen LogP contribution in [-0.2, 0) is 4.79 Å². The number of hydrogen-bond donors (Lipinski definition) is 1. The summed E-state index contributed by atoms with van der Waals surface area (Å²) in [6.07, 6.45) is 1.71. The second-order valence-corrected chi connectivity index (χ2v) is 4.71. The lowest BCUT2D eigenvalue weighted by Crippen LogP contribution is -2.50. The van der Waals surface area contributed by atoms with Gasteiger partial charge in [-0.1, -0.05) is 6.07 Å². The Bertz CT molecular complexity index is 649. The van der Waals surface area contributed by atoms with E-state index in [1.807, 2.05) is 6.07 Å². The van der Waals surface area contributed by atoms with Gasteiger partial charge in [0.05, 0.1) is 11.7 Å². The lowest BCUT2D eigenvalue weighted by molar-refractivity contribution is -0.133. The van der Waals surface area contributed by atoms with Gasteiger partial charge >= 0.3 is 0 Å². The van der Waals surface area contributed by atoms with E-state index in [4.69, 9.17) is 0 Å². The molecule has 1 aromatic carbocycles. The smallest absolute Gasteiger partial charge is 0.254 e. The van der Waals surface area contributed by atoms with Gasteiger partial charge in [0, 0.05) is 31.1 Å². The largest absolute Gasteiger partial charge is 0.342 e. The predicted octanol–water partition coefficient (Wildman–Crippen LogP) is 0.477. The summed E-state index contributed by atoms with van der Waals surface area (Å²) in [5.74, 6) is -0.139. The standard InChI is InChI=1S/C13H14N4O2/c1-16-4-5-17(8-12(16)18)13(19)9-2-3-10-7-14-15-11(10)6-9/h2-3,6-7H,4-5,8H2,1H3,(H,14,15). The van der Waals surface area contributed by atoms with Crippen LogP contribution in [0.15, 0.2) is 24.4 Å². The van der Waals surface area contributed by atoms with Crippen molar-refractivity contribution in [3.05, 3.63) is 30.0 Å². The Balaban J connectivity index is 1.85. The van der Waals surface area contributed by atoms with Crippen LogP contribution in [0.4, 0.5) is 0 Å². The van der Waals surface area contributed by atoms with Crippen LogP contribution >= 0.6 is 0 Å². The Hall–Kier alpha value is -2.37. The van der Waals surface area contributed by atoms with E-state index in [0.717, 1.165) is 10.9 Å². The average Bonchev–Trinajstić information content (AvgIpc) is 2.88. The quantitative estimate of drug-likeness (QED) is 0.808. The fraction of sp³-hybridized carbons (Fsp3) is 0.308. The number of carbonyl (C=O) groups excluding carboxylic acids is 2. The first-order valence-corrected chi connectivity index (χ1v) is 6.11. The van der Waals surface area contributed by atoms with Crippen molar-refractivity contribution in [1.29, 1.82) is 0 Å². The number of nitrogens with zero attached hydrogens (tertiary/aromatic N) is 3. The molecule has 98 valence electrons. The topological polar surface area (TPSA) is 69.3 Å². The third kappa shape index (κ3) is 2.05. The highest BCUT2D eigenvalue weighted by Gasteiger charge is 2.25. The summed E-state index contributed by atoms with van der Waals surface area (Å²) in [6.45, 7) is 1.30. The molecule has 6 nitrogen and oxygen atoms in total. The van der Waals surface area contributed by atoms with Gasteiger partial charge in [-0.05, 0) is 12.1 Å². The van der Waals surface area contributed by atoms with Crippen molar-refractivity contribution in [2.75, 3.05) is 26.7 Å². The second kappa shape index (κ2) is 4.38. The fourth-order valence-corrected chi connectivity index (χ4v) is 2.18. The minimum atomic E-state index is -0.113. The van der Waals surface area contributed by atoms with Crippen molar-refractivity contribution in [2.24, 2.45) is 0 Å². The summed E-state index contributed by atoms with van der Waals surface area (Å²) < 4.78 is 0. The molecule has 0 bridgehead atoms. The molecule has 1 aliphatic rings. The molecule has 1 aliphatic heterocycles. The average molecular weight is 258 g/mol. The van der Waals surface area contributed by atoms with E-state index in [2.05, 4.69) is 10.2 Å². The molecular weight excluding hydrogens is 244 g/mol. The number of rotatable bonds is 1. The Labute approximate surface area is 110 Å². The van der Waals surface area contributed by atoms with Crippen LogP contribution in [0.2, 0.25) is 0 Å². The lowest BCUT2D eigenvalue weighted by Gasteiger charge is -2.32. The summed E-state index contributed by atoms with van der Waals surface area (Å²) in [4.78, 5) is 27.2. The van der Waals surface area contributed by atoms with Crippen LogP contribution in [0.3, 0.4) is 0 Å². The molecule has 0 saturated carbocycles. The van der Waals surface area contributed by atoms with Crippen molar-refractivity contribution >= 4 is 22.7 Å². The van der Waals surface area contributed by atoms with Crippen LogP contribution in [0.25, 0.3) is 10.9 Å². The van der Waals surface area contributed by atoms with E-state index in [-0.39, 0.29) is 18.4 Å². The van der Waals surface area contributed by atoms with Crippen molar-refractivity contribution in [3.63, 3.8) is 0 Å². The number of amides is 2. The van der Waals surface area contributed by atoms with Gasteiger partial charge in [0.25, 0.3) is 5.91 Å². The van der Waals surface area contributed by atoms with E-state index < -0.39 is 0 Å². The molecule has 2 aromatic rings. The number of fused-ring (bicyclic) bond motifs is 1. The first kappa shape index (κ1) is 11.7. The van der Waals surface area contributed by atoms with Gasteiger partial charge in [-0.25, -0.2) is 0 Å². The summed E-state index contributed by atoms with van der Waals surface area (Å²) in [6, 6.07) is 5.39. The van der Waals surface area contributed by atoms with Crippen LogP contribution in [-0.4, -0.2) is 58.5 Å². The minimum Gasteiger partial charge on any atom is -0.342 e. The number of hydrogen-bond acceptors (Lipinski definition) is 3. The molecule has 0 aliphatic carbocycles. The lowest BCUT2D eigenvalue weighted by atomic mass is 10.1. The molecule has 0 radical (unpaired) electrons. The van der Waals surface area contributed by atoms with Crippen LogP contribution in [0.5, 0.6) is 0 Å². The Morgan fingerprint density at radius 2 is 2.21 bits per heavy atom. The maximum Gasteiger partial charge on any atom is 0.254 e. The van der Waals surface area contributed by atoms with Gasteiger partial charge in [-0.3, -0.25) is 14.7 Å². The first-order valence-electron chi connectivity index (χ1n) is 6.11. The fourth-order valence-electron chi connectivity index (χ4n) is 2.18. The summed E-state index contributed by atoms with van der Waals surface area (Å²) >= 11 is 0. The Morgan fingerprint density at radius 1 is 1.37 bits per heavy atom. The zero-order valence-electron chi connectivity index (χ0n) is 10.6. The number of nitrogens with one attached hydrogen (secondary N) is 1. The highest BCUT2D eigenvalue weighted by Crippen LogP contribution is 2.15. The van der Waals surface area contributed by atoms with E-state index in [0.29, 0.717) is 18.7 Å². The molecule has 3 rings (SSSR count). The van der Waals surface area contributed by atoms with Gasteiger partial charge in [0.2, 0.25) is 5.91 Å². The van der Waals surface area contributed by atoms with Gasteiger partial charge in [-0.15, -0.1) is 0 Å². The van der Waals surface area contributed by atoms with Gasteiger partial charge in [0.15, 0.2) is 0 Å². The van der Waals surface area contributed by atoms with E-state index in [9.17, 15) is 9.59 Å². The normalized spacial score (nSPS) is 16.2. The molecule has 1 saturated heterocycles. The van der Waals surface area contributed by atoms with Crippen LogP contribution in [0.1, 0.15) is 10.4 Å². The number of carbonyl (C=O) groups is 2. The van der Waals surface area contributed by atoms with E-state index >= 15 is 0 Å². The molecule has 1 aromatic heterocycles. The van der Waals surface area contributed by atoms with Gasteiger partial charge < -0.3 is 9.80 Å². The zero-order valence-corrected chi connectivity index (χ0v) is 10.6. The maximum atomic E-state index is 12.3. The number of likely N-dealkylation sites (N-methyl/N-ethyl adjacent to an activating group) is 1. The summed E-state index contributed by atoms with van der Waals surface area (Å²) in [5.41, 5.74) is 1.40. The molecule has 0 atom stereocenters. The molecule has 2 amide bonds. The summed E-state index contributed by atoms with van der Waals surface area (Å²) in [7, 11) is 1.75. The van der Waals surface area contributed by atoms with E-state index in [1.165, 1.54) is 0 Å². The van der Waals surface area contributed by atoms with E-state index in [1.54, 1.807) is 35.2 Å². The molecule has 1 N–H and O–H groups in total. The summed E-state index contributed by atoms with van der Waals surface area (Å²) in [5, 5.41) is 7.73. The van der Waals surface area contributed by atoms with Crippen LogP contribution in [0, 0.1) is 0 Å². The molecule has 1 fully saturated rings. The third-order valence-electron chi connectivity index (χ3n) is 3.43. The number of H-pyrrole nitrogens is 1. The monoisotopic (exact) mass is 258 g/mol. The Morgan fingerprint density at radius 3 is 3.00 bits per heavy atom. The number of benzene rings is 1. The maximum absolute atomic E-state index is 12.3. The number of aromatic nitrogens is 2. The molecule has 6 heteroatoms. The molecule has 0 spiro atoms. The molecule has 0 unspecified atom stereocenters. The first-order chi connectivity index (χ1) is 9.15. The second-order valence-electron chi connectivity index (χ2n) is 4.71. The van der Waals surface area contributed by atoms with Crippen LogP contribution < -0.4 is 0 Å². The highest BCUT2D eigenvalue weighted by molar-refractivity contribution is 5.99. The van der Waals surface area contributed by atoms with Crippen molar-refractivity contribution < 1.29 is 9.59 Å². The van der Waals surface area contributed by atoms with Gasteiger partial charge in [-0.2, -0.15) is 5.10 Å². The molecular formula is C13H14N4O2. The van der Waals surface area contributed by atoms with Crippen molar-refractivity contribution in [3.8, 4) is 0 Å². The predicted molar refractivity (Wildman–Crippen MR) is 69.6 cm³/mol. The SMILES string of the molecule is CN1CCN(C(=O)c2ccc3cn[nH]c3c2)CC1=O. The third-order valence-corrected chi connectivity index (χ3v) is 3.43. The molecule has 19 heavy (non-hydrogen) atoms. The minimum absolute atomic E-state index is 0.0257. The number of piperazine rings is 1. The van der Waals surface area contributed by atoms with Crippen molar-refractivity contribution in [1.82, 2.24) is 20.0 Å². The van der Waals surface area contributed by atoms with Gasteiger partial charge in [0.1, 0.15) is 6.54 Å². The molecule has 2 heterocycles. The zero-order chi connectivity index (χ0) is 13.4. The Kier molecular flexibility index (Phi) is 2.70. The number of aromatic amines is 1. The highest BCUT2D eigenvalue weighted by atomic mass is 16.2. The van der Waals surface area contributed by atoms with Crippen molar-refractivity contribution in [2.45, 2.75) is 0 Å².